The number of anilines is 1. The van der Waals surface area contributed by atoms with E-state index in [1.165, 1.54) is 38.5 Å². The van der Waals surface area contributed by atoms with Crippen LogP contribution in [0.2, 0.25) is 0 Å². The average molecular weight is 380 g/mol. The van der Waals surface area contributed by atoms with Crippen molar-refractivity contribution in [1.82, 2.24) is 9.88 Å². The van der Waals surface area contributed by atoms with Crippen LogP contribution in [0.25, 0.3) is 0 Å². The average Bonchev–Trinajstić information content (AvgIpc) is 2.66. The van der Waals surface area contributed by atoms with E-state index in [9.17, 15) is 13.2 Å². The number of pyridine rings is 1. The summed E-state index contributed by atoms with van der Waals surface area (Å²) in [7, 11) is -0.938. The van der Waals surface area contributed by atoms with Crippen LogP contribution in [0.5, 0.6) is 0 Å². The molecule has 0 unspecified atom stereocenters. The second kappa shape index (κ2) is 8.37. The van der Waals surface area contributed by atoms with Gasteiger partial charge in [0.1, 0.15) is 5.82 Å². The number of hydrogen-bond donors (Lipinski definition) is 0. The molecule has 6 nitrogen and oxygen atoms in total. The van der Waals surface area contributed by atoms with E-state index in [1.807, 2.05) is 13.1 Å². The first-order chi connectivity index (χ1) is 12.4. The Kier molecular flexibility index (Phi) is 6.16. The number of carbonyl (C=O) groups excluding carboxylic acids is 1. The summed E-state index contributed by atoms with van der Waals surface area (Å²) < 4.78 is 23.0. The summed E-state index contributed by atoms with van der Waals surface area (Å²) in [5.41, 5.74) is 0.522. The lowest BCUT2D eigenvalue weighted by Gasteiger charge is -2.27. The van der Waals surface area contributed by atoms with Gasteiger partial charge in [0.15, 0.2) is 9.84 Å². The quantitative estimate of drug-likeness (QED) is 0.785. The molecule has 1 saturated heterocycles. The van der Waals surface area contributed by atoms with E-state index in [4.69, 9.17) is 0 Å². The summed E-state index contributed by atoms with van der Waals surface area (Å²) in [5, 5.41) is 0. The topological polar surface area (TPSA) is 70.6 Å². The third-order valence-corrected chi connectivity index (χ3v) is 7.22. The van der Waals surface area contributed by atoms with Crippen molar-refractivity contribution in [2.75, 3.05) is 43.1 Å². The van der Waals surface area contributed by atoms with Crippen LogP contribution in [0, 0.1) is 5.92 Å². The largest absolute Gasteiger partial charge is 0.360 e. The third kappa shape index (κ3) is 4.96. The smallest absolute Gasteiger partial charge is 0.255 e. The third-order valence-electron chi connectivity index (χ3n) is 5.62. The van der Waals surface area contributed by atoms with E-state index in [0.29, 0.717) is 5.56 Å². The highest BCUT2D eigenvalue weighted by molar-refractivity contribution is 7.91. The van der Waals surface area contributed by atoms with E-state index in [0.717, 1.165) is 18.3 Å². The molecule has 1 aromatic heterocycles. The van der Waals surface area contributed by atoms with Gasteiger partial charge in [-0.15, -0.1) is 0 Å². The van der Waals surface area contributed by atoms with Crippen LogP contribution in [0.15, 0.2) is 18.3 Å². The van der Waals surface area contributed by atoms with Crippen LogP contribution in [0.3, 0.4) is 0 Å². The molecule has 2 fully saturated rings. The molecule has 0 bridgehead atoms. The van der Waals surface area contributed by atoms with Crippen LogP contribution in [-0.4, -0.2) is 62.4 Å². The molecule has 1 aliphatic heterocycles. The minimum absolute atomic E-state index is 0.0498. The van der Waals surface area contributed by atoms with Crippen molar-refractivity contribution >= 4 is 21.6 Å². The van der Waals surface area contributed by atoms with Gasteiger partial charge in [0, 0.05) is 32.9 Å². The zero-order chi connectivity index (χ0) is 18.6. The summed E-state index contributed by atoms with van der Waals surface area (Å²) in [5.74, 6) is 1.67. The van der Waals surface area contributed by atoms with Crippen LogP contribution in [0.4, 0.5) is 5.82 Å². The number of hydrogen-bond acceptors (Lipinski definition) is 5. The maximum Gasteiger partial charge on any atom is 0.255 e. The Labute approximate surface area is 156 Å². The number of carbonyl (C=O) groups is 1. The van der Waals surface area contributed by atoms with Gasteiger partial charge in [-0.05, 0) is 24.5 Å². The fourth-order valence-corrected chi connectivity index (χ4v) is 5.00. The summed E-state index contributed by atoms with van der Waals surface area (Å²) in [4.78, 5) is 20.7. The highest BCUT2D eigenvalue weighted by Gasteiger charge is 2.26. The van der Waals surface area contributed by atoms with Crippen molar-refractivity contribution in [1.29, 1.82) is 0 Å². The lowest BCUT2D eigenvalue weighted by Crippen LogP contribution is -2.43. The van der Waals surface area contributed by atoms with Gasteiger partial charge >= 0.3 is 0 Å². The summed E-state index contributed by atoms with van der Waals surface area (Å²) >= 11 is 0. The molecule has 1 aliphatic carbocycles. The highest BCUT2D eigenvalue weighted by Crippen LogP contribution is 2.26. The molecule has 0 atom stereocenters. The molecule has 2 aliphatic rings. The summed E-state index contributed by atoms with van der Waals surface area (Å²) in [6.07, 6.45) is 9.61. The second-order valence-electron chi connectivity index (χ2n) is 7.56. The normalized spacial score (nSPS) is 20.7. The predicted molar refractivity (Wildman–Crippen MR) is 103 cm³/mol. The maximum absolute atomic E-state index is 12.5. The van der Waals surface area contributed by atoms with Crippen molar-refractivity contribution in [2.45, 2.75) is 38.5 Å². The minimum Gasteiger partial charge on any atom is -0.360 e. The molecule has 2 heterocycles. The first-order valence-electron chi connectivity index (χ1n) is 9.61. The number of aromatic nitrogens is 1. The Morgan fingerprint density at radius 3 is 2.50 bits per heavy atom. The second-order valence-corrected chi connectivity index (χ2v) is 9.87. The molecule has 0 spiro atoms. The van der Waals surface area contributed by atoms with Gasteiger partial charge in [-0.2, -0.15) is 0 Å². The summed E-state index contributed by atoms with van der Waals surface area (Å²) in [6.45, 7) is 1.52. The molecule has 3 rings (SSSR count). The van der Waals surface area contributed by atoms with E-state index in [1.54, 1.807) is 17.2 Å². The molecule has 1 saturated carbocycles. The van der Waals surface area contributed by atoms with Gasteiger partial charge in [-0.1, -0.05) is 32.1 Å². The Morgan fingerprint density at radius 2 is 1.88 bits per heavy atom. The predicted octanol–water partition coefficient (Wildman–Crippen LogP) is 2.36. The Hall–Kier alpha value is -1.63. The Balaban J connectivity index is 1.53. The van der Waals surface area contributed by atoms with Crippen molar-refractivity contribution in [3.05, 3.63) is 23.9 Å². The van der Waals surface area contributed by atoms with Crippen molar-refractivity contribution in [2.24, 2.45) is 5.92 Å². The number of nitrogens with zero attached hydrogens (tertiary/aromatic N) is 3. The molecular weight excluding hydrogens is 350 g/mol. The van der Waals surface area contributed by atoms with Gasteiger partial charge in [0.25, 0.3) is 5.91 Å². The van der Waals surface area contributed by atoms with Crippen LogP contribution < -0.4 is 4.90 Å². The Bertz CT molecular complexity index is 698. The molecule has 26 heavy (non-hydrogen) atoms. The standard InChI is InChI=1S/C19H29N3O3S/c1-21(10-9-16-5-3-2-4-6-16)18-8-7-17(15-20-18)19(23)22-11-13-26(24,25)14-12-22/h7-8,15-16H,2-6,9-14H2,1H3. The molecule has 7 heteroatoms. The van der Waals surface area contributed by atoms with Crippen molar-refractivity contribution in [3.63, 3.8) is 0 Å². The monoisotopic (exact) mass is 379 g/mol. The van der Waals surface area contributed by atoms with E-state index < -0.39 is 9.84 Å². The number of amides is 1. The SMILES string of the molecule is CN(CCC1CCCCC1)c1ccc(C(=O)N2CCS(=O)(=O)CC2)cn1. The number of sulfone groups is 1. The fraction of sp³-hybridized carbons (Fsp3) is 0.684. The number of rotatable bonds is 5. The lowest BCUT2D eigenvalue weighted by molar-refractivity contribution is 0.0770. The van der Waals surface area contributed by atoms with Gasteiger partial charge in [-0.25, -0.2) is 13.4 Å². The van der Waals surface area contributed by atoms with E-state index >= 15 is 0 Å². The molecule has 1 amide bonds. The minimum atomic E-state index is -2.98. The van der Waals surface area contributed by atoms with Gasteiger partial charge in [-0.3, -0.25) is 4.79 Å². The highest BCUT2D eigenvalue weighted by atomic mass is 32.2. The molecular formula is C19H29N3O3S. The van der Waals surface area contributed by atoms with Gasteiger partial charge in [0.2, 0.25) is 0 Å². The molecule has 0 N–H and O–H groups in total. The van der Waals surface area contributed by atoms with Gasteiger partial charge in [0.05, 0.1) is 17.1 Å². The van der Waals surface area contributed by atoms with Crippen LogP contribution in [0.1, 0.15) is 48.9 Å². The lowest BCUT2D eigenvalue weighted by atomic mass is 9.87. The van der Waals surface area contributed by atoms with Crippen molar-refractivity contribution in [3.8, 4) is 0 Å². The van der Waals surface area contributed by atoms with Gasteiger partial charge < -0.3 is 9.80 Å². The Morgan fingerprint density at radius 1 is 1.19 bits per heavy atom. The van der Waals surface area contributed by atoms with Crippen LogP contribution in [-0.2, 0) is 9.84 Å². The van der Waals surface area contributed by atoms with E-state index in [-0.39, 0.29) is 30.5 Å². The molecule has 0 radical (unpaired) electrons. The first-order valence-corrected chi connectivity index (χ1v) is 11.4. The van der Waals surface area contributed by atoms with Crippen molar-refractivity contribution < 1.29 is 13.2 Å². The molecule has 1 aromatic rings. The first kappa shape index (κ1) is 19.1. The summed E-state index contributed by atoms with van der Waals surface area (Å²) in [6, 6.07) is 3.68. The molecule has 0 aromatic carbocycles. The fourth-order valence-electron chi connectivity index (χ4n) is 3.80. The zero-order valence-corrected chi connectivity index (χ0v) is 16.4. The molecule has 144 valence electrons. The van der Waals surface area contributed by atoms with E-state index in [2.05, 4.69) is 9.88 Å². The maximum atomic E-state index is 12.5. The zero-order valence-electron chi connectivity index (χ0n) is 15.6. The van der Waals surface area contributed by atoms with Crippen LogP contribution >= 0.6 is 0 Å².